The first-order valence-electron chi connectivity index (χ1n) is 7.72. The van der Waals surface area contributed by atoms with Gasteiger partial charge in [0, 0.05) is 37.0 Å². The van der Waals surface area contributed by atoms with Crippen molar-refractivity contribution >= 4 is 27.1 Å². The molecule has 0 bridgehead atoms. The fourth-order valence-corrected chi connectivity index (χ4v) is 3.67. The van der Waals surface area contributed by atoms with E-state index < -0.39 is 14.9 Å². The number of nitrogens with zero attached hydrogens (tertiary/aromatic N) is 2. The first kappa shape index (κ1) is 17.2. The monoisotopic (exact) mass is 362 g/mol. The van der Waals surface area contributed by atoms with Crippen LogP contribution in [0.1, 0.15) is 6.42 Å². The van der Waals surface area contributed by atoms with Gasteiger partial charge in [-0.1, -0.05) is 18.2 Å². The minimum atomic E-state index is -4.08. The predicted octanol–water partition coefficient (Wildman–Crippen LogP) is 1.93. The third kappa shape index (κ3) is 3.89. The molecule has 1 saturated heterocycles. The summed E-state index contributed by atoms with van der Waals surface area (Å²) in [7, 11) is -4.08. The number of nitrogens with two attached hydrogens (primary N) is 1. The Morgan fingerprint density at radius 2 is 1.92 bits per heavy atom. The van der Waals surface area contributed by atoms with Crippen LogP contribution < -0.4 is 15.4 Å². The average molecular weight is 362 g/mol. The third-order valence-corrected chi connectivity index (χ3v) is 5.10. The number of primary sulfonamides is 1. The van der Waals surface area contributed by atoms with Crippen LogP contribution in [0.4, 0.5) is 17.1 Å². The van der Waals surface area contributed by atoms with Crippen molar-refractivity contribution in [1.29, 1.82) is 0 Å². The second kappa shape index (κ2) is 6.69. The molecule has 1 aliphatic rings. The summed E-state index contributed by atoms with van der Waals surface area (Å²) in [6, 6.07) is 13.6. The first-order valence-corrected chi connectivity index (χ1v) is 9.27. The minimum Gasteiger partial charge on any atom is -0.379 e. The van der Waals surface area contributed by atoms with Crippen LogP contribution in [0.2, 0.25) is 0 Å². The van der Waals surface area contributed by atoms with Gasteiger partial charge in [0.15, 0.2) is 0 Å². The second-order valence-electron chi connectivity index (χ2n) is 5.89. The summed E-state index contributed by atoms with van der Waals surface area (Å²) in [4.78, 5) is 12.2. The summed E-state index contributed by atoms with van der Waals surface area (Å²) < 4.78 is 23.6. The smallest absolute Gasteiger partial charge is 0.270 e. The van der Waals surface area contributed by atoms with E-state index in [4.69, 9.17) is 5.14 Å². The summed E-state index contributed by atoms with van der Waals surface area (Å²) in [5.74, 6) is 0. The van der Waals surface area contributed by atoms with Gasteiger partial charge in [0.1, 0.15) is 4.90 Å². The van der Waals surface area contributed by atoms with Crippen LogP contribution in [0.3, 0.4) is 0 Å². The van der Waals surface area contributed by atoms with Crippen LogP contribution in [0.25, 0.3) is 0 Å². The maximum Gasteiger partial charge on any atom is 0.270 e. The highest BCUT2D eigenvalue weighted by molar-refractivity contribution is 7.89. The van der Waals surface area contributed by atoms with Gasteiger partial charge in [0.2, 0.25) is 10.0 Å². The van der Waals surface area contributed by atoms with E-state index in [1.165, 1.54) is 12.1 Å². The Kier molecular flexibility index (Phi) is 4.60. The van der Waals surface area contributed by atoms with Gasteiger partial charge in [-0.3, -0.25) is 10.1 Å². The molecule has 1 unspecified atom stereocenters. The van der Waals surface area contributed by atoms with Gasteiger partial charge >= 0.3 is 0 Å². The van der Waals surface area contributed by atoms with Crippen molar-refractivity contribution in [3.63, 3.8) is 0 Å². The van der Waals surface area contributed by atoms with Gasteiger partial charge in [-0.2, -0.15) is 0 Å². The van der Waals surface area contributed by atoms with Gasteiger partial charge in [-0.25, -0.2) is 13.6 Å². The van der Waals surface area contributed by atoms with E-state index in [1.807, 2.05) is 30.3 Å². The molecule has 0 aromatic heterocycles. The molecule has 0 saturated carbocycles. The van der Waals surface area contributed by atoms with Crippen LogP contribution in [-0.2, 0) is 10.0 Å². The molecule has 1 atom stereocenters. The zero-order valence-electron chi connectivity index (χ0n) is 13.3. The van der Waals surface area contributed by atoms with E-state index in [0.717, 1.165) is 24.7 Å². The van der Waals surface area contributed by atoms with E-state index in [9.17, 15) is 18.5 Å². The van der Waals surface area contributed by atoms with Gasteiger partial charge in [-0.05, 0) is 24.6 Å². The number of anilines is 2. The molecule has 1 heterocycles. The zero-order chi connectivity index (χ0) is 18.0. The third-order valence-electron chi connectivity index (χ3n) is 4.15. The zero-order valence-corrected chi connectivity index (χ0v) is 14.1. The second-order valence-corrected chi connectivity index (χ2v) is 7.42. The van der Waals surface area contributed by atoms with Crippen molar-refractivity contribution in [2.75, 3.05) is 23.3 Å². The van der Waals surface area contributed by atoms with Gasteiger partial charge in [0.05, 0.1) is 10.6 Å². The first-order chi connectivity index (χ1) is 11.8. The highest BCUT2D eigenvalue weighted by atomic mass is 32.2. The molecule has 0 spiro atoms. The molecule has 1 fully saturated rings. The number of nitro groups is 1. The molecule has 25 heavy (non-hydrogen) atoms. The lowest BCUT2D eigenvalue weighted by Crippen LogP contribution is -2.27. The van der Waals surface area contributed by atoms with Crippen molar-refractivity contribution in [2.45, 2.75) is 17.4 Å². The summed E-state index contributed by atoms with van der Waals surface area (Å²) in [6.07, 6.45) is 0.815. The summed E-state index contributed by atoms with van der Waals surface area (Å²) in [6.45, 7) is 1.53. The molecular weight excluding hydrogens is 344 g/mol. The van der Waals surface area contributed by atoms with Crippen molar-refractivity contribution in [3.8, 4) is 0 Å². The highest BCUT2D eigenvalue weighted by Gasteiger charge is 2.25. The lowest BCUT2D eigenvalue weighted by atomic mass is 10.2. The van der Waals surface area contributed by atoms with E-state index in [0.29, 0.717) is 6.54 Å². The SMILES string of the molecule is NS(=O)(=O)c1cc([N+](=O)[O-])ccc1NC1CCN(c2ccccc2)C1. The van der Waals surface area contributed by atoms with Crippen molar-refractivity contribution < 1.29 is 13.3 Å². The van der Waals surface area contributed by atoms with E-state index in [-0.39, 0.29) is 22.3 Å². The van der Waals surface area contributed by atoms with Gasteiger partial charge in [-0.15, -0.1) is 0 Å². The van der Waals surface area contributed by atoms with Crippen molar-refractivity contribution in [1.82, 2.24) is 0 Å². The van der Waals surface area contributed by atoms with Crippen molar-refractivity contribution in [2.24, 2.45) is 5.14 Å². The van der Waals surface area contributed by atoms with Crippen LogP contribution in [0.15, 0.2) is 53.4 Å². The molecule has 2 aromatic rings. The van der Waals surface area contributed by atoms with Crippen LogP contribution in [0.5, 0.6) is 0 Å². The van der Waals surface area contributed by atoms with Crippen LogP contribution in [0, 0.1) is 10.1 Å². The number of sulfonamides is 1. The van der Waals surface area contributed by atoms with Crippen LogP contribution in [-0.4, -0.2) is 32.5 Å². The minimum absolute atomic E-state index is 0.0159. The number of rotatable bonds is 5. The molecule has 0 radical (unpaired) electrons. The molecule has 0 amide bonds. The van der Waals surface area contributed by atoms with Gasteiger partial charge in [0.25, 0.3) is 5.69 Å². The summed E-state index contributed by atoms with van der Waals surface area (Å²) >= 11 is 0. The van der Waals surface area contributed by atoms with Crippen LogP contribution >= 0.6 is 0 Å². The molecule has 1 aliphatic heterocycles. The lowest BCUT2D eigenvalue weighted by Gasteiger charge is -2.20. The molecular formula is C16H18N4O4S. The fourth-order valence-electron chi connectivity index (χ4n) is 2.95. The predicted molar refractivity (Wildman–Crippen MR) is 95.2 cm³/mol. The Bertz CT molecular complexity index is 886. The number of nitro benzene ring substituents is 1. The largest absolute Gasteiger partial charge is 0.379 e. The number of hydrogen-bond donors (Lipinski definition) is 2. The average Bonchev–Trinajstić information content (AvgIpc) is 3.03. The molecule has 8 nitrogen and oxygen atoms in total. The fraction of sp³-hybridized carbons (Fsp3) is 0.250. The quantitative estimate of drug-likeness (QED) is 0.620. The Morgan fingerprint density at radius 1 is 1.20 bits per heavy atom. The van der Waals surface area contributed by atoms with Crippen molar-refractivity contribution in [3.05, 3.63) is 58.6 Å². The van der Waals surface area contributed by atoms with E-state index in [1.54, 1.807) is 0 Å². The standard InChI is InChI=1S/C16H18N4O4S/c17-25(23,24)16-10-14(20(21)22)6-7-15(16)18-12-8-9-19(11-12)13-4-2-1-3-5-13/h1-7,10,12,18H,8-9,11H2,(H2,17,23,24). The molecule has 0 aliphatic carbocycles. The Balaban J connectivity index is 1.80. The molecule has 132 valence electrons. The lowest BCUT2D eigenvalue weighted by molar-refractivity contribution is -0.385. The maximum atomic E-state index is 11.8. The van der Waals surface area contributed by atoms with E-state index in [2.05, 4.69) is 10.2 Å². The Morgan fingerprint density at radius 3 is 2.56 bits per heavy atom. The highest BCUT2D eigenvalue weighted by Crippen LogP contribution is 2.28. The molecule has 3 N–H and O–H groups in total. The summed E-state index contributed by atoms with van der Waals surface area (Å²) in [5.41, 5.74) is 1.07. The Labute approximate surface area is 145 Å². The molecule has 9 heteroatoms. The number of para-hydroxylation sites is 1. The number of hydrogen-bond acceptors (Lipinski definition) is 6. The maximum absolute atomic E-state index is 11.8. The Hall–Kier alpha value is -2.65. The normalized spacial score (nSPS) is 17.5. The molecule has 2 aromatic carbocycles. The van der Waals surface area contributed by atoms with E-state index >= 15 is 0 Å². The van der Waals surface area contributed by atoms with Gasteiger partial charge < -0.3 is 10.2 Å². The summed E-state index contributed by atoms with van der Waals surface area (Å²) in [5, 5.41) is 19.3. The number of non-ortho nitro benzene ring substituents is 1. The number of benzene rings is 2. The topological polar surface area (TPSA) is 119 Å². The number of nitrogens with one attached hydrogen (secondary N) is 1. The molecule has 3 rings (SSSR count).